The zero-order valence-corrected chi connectivity index (χ0v) is 11.4. The molecular weight excluding hydrogens is 285 g/mol. The lowest BCUT2D eigenvalue weighted by Gasteiger charge is -2.07. The van der Waals surface area contributed by atoms with Crippen LogP contribution in [0.1, 0.15) is 5.82 Å². The molecule has 0 bridgehead atoms. The second kappa shape index (κ2) is 4.36. The van der Waals surface area contributed by atoms with E-state index in [0.717, 1.165) is 5.69 Å². The van der Waals surface area contributed by atoms with Crippen LogP contribution in [0.15, 0.2) is 24.3 Å². The lowest BCUT2D eigenvalue weighted by Crippen LogP contribution is -2.01. The third-order valence-electron chi connectivity index (χ3n) is 2.69. The predicted molar refractivity (Wildman–Crippen MR) is 75.8 cm³/mol. The van der Waals surface area contributed by atoms with Crippen molar-refractivity contribution < 1.29 is 0 Å². The normalized spacial score (nSPS) is 11.1. The van der Waals surface area contributed by atoms with Gasteiger partial charge >= 0.3 is 0 Å². The highest BCUT2D eigenvalue weighted by atomic mass is 35.5. The highest BCUT2D eigenvalue weighted by Crippen LogP contribution is 2.27. The molecule has 5 nitrogen and oxygen atoms in total. The van der Waals surface area contributed by atoms with Crippen LogP contribution in [0.4, 0.5) is 5.95 Å². The van der Waals surface area contributed by atoms with Gasteiger partial charge in [-0.15, -0.1) is 0 Å². The maximum absolute atomic E-state index is 6.17. The standard InChI is InChI=1S/C12H9Cl2N5/c1-6-16-10(14)9-11(17-6)18-12(15)19(9)8-4-2-7(13)3-5-8/h2-5H,1H3,(H2,15,16,17,18). The SMILES string of the molecule is Cc1nc(Cl)c2c(n1)nc(N)n2-c1ccc(Cl)cc1. The quantitative estimate of drug-likeness (QED) is 0.700. The van der Waals surface area contributed by atoms with E-state index in [1.807, 2.05) is 12.1 Å². The van der Waals surface area contributed by atoms with Crippen molar-refractivity contribution in [1.29, 1.82) is 0 Å². The van der Waals surface area contributed by atoms with Crippen molar-refractivity contribution in [2.24, 2.45) is 0 Å². The summed E-state index contributed by atoms with van der Waals surface area (Å²) in [6.45, 7) is 1.75. The van der Waals surface area contributed by atoms with Gasteiger partial charge < -0.3 is 5.73 Å². The van der Waals surface area contributed by atoms with Crippen LogP contribution in [0.2, 0.25) is 10.2 Å². The van der Waals surface area contributed by atoms with Gasteiger partial charge in [-0.05, 0) is 31.2 Å². The van der Waals surface area contributed by atoms with E-state index in [2.05, 4.69) is 15.0 Å². The van der Waals surface area contributed by atoms with Crippen LogP contribution >= 0.6 is 23.2 Å². The molecule has 2 aromatic heterocycles. The first-order chi connectivity index (χ1) is 9.06. The third-order valence-corrected chi connectivity index (χ3v) is 3.21. The Labute approximate surface area is 119 Å². The number of aryl methyl sites for hydroxylation is 1. The van der Waals surface area contributed by atoms with Gasteiger partial charge in [-0.3, -0.25) is 4.57 Å². The van der Waals surface area contributed by atoms with Crippen molar-refractivity contribution in [3.05, 3.63) is 40.3 Å². The fourth-order valence-corrected chi connectivity index (χ4v) is 2.33. The maximum Gasteiger partial charge on any atom is 0.207 e. The summed E-state index contributed by atoms with van der Waals surface area (Å²) in [6.07, 6.45) is 0. The lowest BCUT2D eigenvalue weighted by atomic mass is 10.3. The molecule has 0 amide bonds. The molecule has 3 rings (SSSR count). The average molecular weight is 294 g/mol. The number of aromatic nitrogens is 4. The van der Waals surface area contributed by atoms with Crippen molar-refractivity contribution in [1.82, 2.24) is 19.5 Å². The molecular formula is C12H9Cl2N5. The Balaban J connectivity index is 2.34. The molecule has 0 aliphatic heterocycles. The van der Waals surface area contributed by atoms with Gasteiger partial charge in [0.05, 0.1) is 0 Å². The van der Waals surface area contributed by atoms with Gasteiger partial charge in [0.15, 0.2) is 10.8 Å². The molecule has 2 heterocycles. The van der Waals surface area contributed by atoms with Gasteiger partial charge in [0.2, 0.25) is 5.95 Å². The molecule has 0 atom stereocenters. The summed E-state index contributed by atoms with van der Waals surface area (Å²) in [4.78, 5) is 12.6. The Bertz CT molecular complexity index is 764. The number of hydrogen-bond donors (Lipinski definition) is 1. The van der Waals surface area contributed by atoms with Gasteiger partial charge in [0.25, 0.3) is 0 Å². The first-order valence-electron chi connectivity index (χ1n) is 5.50. The van der Waals surface area contributed by atoms with Gasteiger partial charge in [0.1, 0.15) is 11.3 Å². The summed E-state index contributed by atoms with van der Waals surface area (Å²) >= 11 is 12.0. The fourth-order valence-electron chi connectivity index (χ4n) is 1.91. The minimum absolute atomic E-state index is 0.305. The molecule has 0 unspecified atom stereocenters. The van der Waals surface area contributed by atoms with Crippen LogP contribution < -0.4 is 5.73 Å². The van der Waals surface area contributed by atoms with Crippen molar-refractivity contribution in [2.45, 2.75) is 6.92 Å². The fraction of sp³-hybridized carbons (Fsp3) is 0.0833. The van der Waals surface area contributed by atoms with E-state index in [9.17, 15) is 0 Å². The second-order valence-electron chi connectivity index (χ2n) is 4.02. The minimum Gasteiger partial charge on any atom is -0.369 e. The summed E-state index contributed by atoms with van der Waals surface area (Å²) in [5.41, 5.74) is 7.81. The van der Waals surface area contributed by atoms with E-state index in [4.69, 9.17) is 28.9 Å². The first kappa shape index (κ1) is 12.2. The number of imidazole rings is 1. The molecule has 96 valence electrons. The zero-order valence-electron chi connectivity index (χ0n) is 9.93. The van der Waals surface area contributed by atoms with E-state index < -0.39 is 0 Å². The van der Waals surface area contributed by atoms with Crippen molar-refractivity contribution >= 4 is 40.3 Å². The molecule has 1 aromatic carbocycles. The predicted octanol–water partition coefficient (Wildman–Crippen LogP) is 3.01. The van der Waals surface area contributed by atoms with E-state index in [0.29, 0.717) is 33.1 Å². The summed E-state index contributed by atoms with van der Waals surface area (Å²) in [5.74, 6) is 0.859. The largest absolute Gasteiger partial charge is 0.369 e. The maximum atomic E-state index is 6.17. The molecule has 0 saturated heterocycles. The Morgan fingerprint density at radius 3 is 2.42 bits per heavy atom. The molecule has 19 heavy (non-hydrogen) atoms. The topological polar surface area (TPSA) is 69.6 Å². The van der Waals surface area contributed by atoms with Crippen LogP contribution in [0.5, 0.6) is 0 Å². The van der Waals surface area contributed by atoms with Crippen LogP contribution in [0.25, 0.3) is 16.9 Å². The minimum atomic E-state index is 0.305. The Morgan fingerprint density at radius 1 is 1.05 bits per heavy atom. The lowest BCUT2D eigenvalue weighted by molar-refractivity contribution is 1.07. The number of benzene rings is 1. The number of rotatable bonds is 1. The Morgan fingerprint density at radius 2 is 1.74 bits per heavy atom. The highest BCUT2D eigenvalue weighted by Gasteiger charge is 2.15. The molecule has 0 radical (unpaired) electrons. The van der Waals surface area contributed by atoms with Crippen LogP contribution in [-0.4, -0.2) is 19.5 Å². The molecule has 0 fully saturated rings. The smallest absolute Gasteiger partial charge is 0.207 e. The number of halogens is 2. The third kappa shape index (κ3) is 2.01. The number of hydrogen-bond acceptors (Lipinski definition) is 4. The monoisotopic (exact) mass is 293 g/mol. The molecule has 0 spiro atoms. The van der Waals surface area contributed by atoms with Crippen molar-refractivity contribution in [2.75, 3.05) is 5.73 Å². The number of anilines is 1. The molecule has 0 saturated carbocycles. The number of nitrogens with two attached hydrogens (primary N) is 1. The first-order valence-corrected chi connectivity index (χ1v) is 6.26. The molecule has 7 heteroatoms. The van der Waals surface area contributed by atoms with E-state index in [1.54, 1.807) is 23.6 Å². The van der Waals surface area contributed by atoms with Gasteiger partial charge in [0, 0.05) is 10.7 Å². The van der Waals surface area contributed by atoms with Gasteiger partial charge in [-0.25, -0.2) is 9.97 Å². The van der Waals surface area contributed by atoms with E-state index in [1.165, 1.54) is 0 Å². The summed E-state index contributed by atoms with van der Waals surface area (Å²) in [6, 6.07) is 7.20. The van der Waals surface area contributed by atoms with Crippen LogP contribution in [-0.2, 0) is 0 Å². The number of nitrogens with zero attached hydrogens (tertiary/aromatic N) is 4. The summed E-state index contributed by atoms with van der Waals surface area (Å²) < 4.78 is 1.70. The molecule has 0 aliphatic carbocycles. The van der Waals surface area contributed by atoms with Crippen molar-refractivity contribution in [3.63, 3.8) is 0 Å². The van der Waals surface area contributed by atoms with Crippen LogP contribution in [0.3, 0.4) is 0 Å². The zero-order chi connectivity index (χ0) is 13.6. The summed E-state index contributed by atoms with van der Waals surface area (Å²) in [5, 5.41) is 0.964. The second-order valence-corrected chi connectivity index (χ2v) is 4.81. The highest BCUT2D eigenvalue weighted by molar-refractivity contribution is 6.33. The molecule has 0 aliphatic rings. The van der Waals surface area contributed by atoms with Crippen LogP contribution in [0, 0.1) is 6.92 Å². The molecule has 3 aromatic rings. The Hall–Kier alpha value is -1.85. The van der Waals surface area contributed by atoms with E-state index in [-0.39, 0.29) is 0 Å². The number of nitrogen functional groups attached to an aromatic ring is 1. The Kier molecular flexibility index (Phi) is 2.80. The number of fused-ring (bicyclic) bond motifs is 1. The summed E-state index contributed by atoms with van der Waals surface area (Å²) in [7, 11) is 0. The molecule has 2 N–H and O–H groups in total. The van der Waals surface area contributed by atoms with E-state index >= 15 is 0 Å². The van der Waals surface area contributed by atoms with Crippen molar-refractivity contribution in [3.8, 4) is 5.69 Å². The average Bonchev–Trinajstić information content (AvgIpc) is 2.66. The van der Waals surface area contributed by atoms with Gasteiger partial charge in [-0.1, -0.05) is 23.2 Å². The van der Waals surface area contributed by atoms with Gasteiger partial charge in [-0.2, -0.15) is 4.98 Å².